The van der Waals surface area contributed by atoms with E-state index < -0.39 is 0 Å². The van der Waals surface area contributed by atoms with Crippen molar-refractivity contribution in [3.63, 3.8) is 0 Å². The fraction of sp³-hybridized carbons (Fsp3) is 0.519. The Morgan fingerprint density at radius 3 is 2.33 bits per heavy atom. The molecule has 2 saturated heterocycles. The Labute approximate surface area is 212 Å². The van der Waals surface area contributed by atoms with Gasteiger partial charge < -0.3 is 23.8 Å². The van der Waals surface area contributed by atoms with Gasteiger partial charge in [-0.05, 0) is 42.0 Å². The van der Waals surface area contributed by atoms with Crippen LogP contribution in [0.3, 0.4) is 0 Å². The molecule has 2 aliphatic heterocycles. The lowest BCUT2D eigenvalue weighted by Crippen LogP contribution is -2.50. The van der Waals surface area contributed by atoms with Crippen LogP contribution in [0.15, 0.2) is 42.5 Å². The number of hydrogen-bond acceptors (Lipinski definition) is 7. The third kappa shape index (κ3) is 7.39. The first kappa shape index (κ1) is 26.3. The van der Waals surface area contributed by atoms with E-state index in [2.05, 4.69) is 9.80 Å². The van der Waals surface area contributed by atoms with Crippen LogP contribution in [0.1, 0.15) is 15.9 Å². The number of rotatable bonds is 10. The fourth-order valence-corrected chi connectivity index (χ4v) is 4.63. The van der Waals surface area contributed by atoms with Crippen molar-refractivity contribution < 1.29 is 28.1 Å². The van der Waals surface area contributed by atoms with Crippen molar-refractivity contribution in [3.05, 3.63) is 59.4 Å². The number of morpholine rings is 2. The predicted octanol–water partition coefficient (Wildman–Crippen LogP) is 2.52. The molecule has 0 aromatic heterocycles. The molecular weight excluding hydrogens is 465 g/mol. The Kier molecular flexibility index (Phi) is 9.52. The second-order valence-electron chi connectivity index (χ2n) is 9.16. The lowest BCUT2D eigenvalue weighted by atomic mass is 10.1. The van der Waals surface area contributed by atoms with E-state index in [-0.39, 0.29) is 17.8 Å². The molecule has 2 heterocycles. The topological polar surface area (TPSA) is 63.7 Å². The summed E-state index contributed by atoms with van der Waals surface area (Å²) in [5.41, 5.74) is 1.58. The van der Waals surface area contributed by atoms with Crippen molar-refractivity contribution in [2.45, 2.75) is 12.6 Å². The van der Waals surface area contributed by atoms with Gasteiger partial charge in [0.1, 0.15) is 17.3 Å². The number of methoxy groups -OCH3 is 2. The van der Waals surface area contributed by atoms with Crippen molar-refractivity contribution in [1.82, 2.24) is 14.7 Å². The zero-order chi connectivity index (χ0) is 25.3. The third-order valence-corrected chi connectivity index (χ3v) is 6.63. The first-order chi connectivity index (χ1) is 17.5. The SMILES string of the molecule is COc1cc(CN2CCOC(CN(CCN3CCOCC3)C(=O)c3ccc(F)cc3)C2)cc(OC)c1. The number of carbonyl (C=O) groups excluding carboxylic acids is 1. The molecular formula is C27H36FN3O5. The molecule has 0 radical (unpaired) electrons. The van der Waals surface area contributed by atoms with Gasteiger partial charge in [-0.3, -0.25) is 14.6 Å². The molecule has 2 aromatic carbocycles. The van der Waals surface area contributed by atoms with Crippen molar-refractivity contribution in [2.24, 2.45) is 0 Å². The summed E-state index contributed by atoms with van der Waals surface area (Å²) in [5, 5.41) is 0. The van der Waals surface area contributed by atoms with Crippen LogP contribution in [0, 0.1) is 5.82 Å². The molecule has 1 atom stereocenters. The molecule has 196 valence electrons. The molecule has 36 heavy (non-hydrogen) atoms. The second kappa shape index (κ2) is 13.0. The molecule has 1 unspecified atom stereocenters. The Balaban J connectivity index is 1.41. The number of hydrogen-bond donors (Lipinski definition) is 0. The first-order valence-electron chi connectivity index (χ1n) is 12.4. The highest BCUT2D eigenvalue weighted by atomic mass is 19.1. The standard InChI is InChI=1S/C27H36FN3O5/c1-33-24-15-21(16-25(17-24)34-2)18-30-11-14-36-26(19-30)20-31(8-7-29-9-12-35-13-10-29)27(32)22-3-5-23(28)6-4-22/h3-6,15-17,26H,7-14,18-20H2,1-2H3. The Bertz CT molecular complexity index is 962. The lowest BCUT2D eigenvalue weighted by molar-refractivity contribution is -0.0443. The zero-order valence-electron chi connectivity index (χ0n) is 21.2. The summed E-state index contributed by atoms with van der Waals surface area (Å²) >= 11 is 0. The highest BCUT2D eigenvalue weighted by Gasteiger charge is 2.26. The van der Waals surface area contributed by atoms with Crippen LogP contribution < -0.4 is 9.47 Å². The fourth-order valence-electron chi connectivity index (χ4n) is 4.63. The van der Waals surface area contributed by atoms with Crippen LogP contribution in [0.2, 0.25) is 0 Å². The maximum atomic E-state index is 13.4. The van der Waals surface area contributed by atoms with Crippen LogP contribution in [0.25, 0.3) is 0 Å². The van der Waals surface area contributed by atoms with E-state index in [1.165, 1.54) is 12.1 Å². The van der Waals surface area contributed by atoms with E-state index in [0.717, 1.165) is 49.8 Å². The minimum atomic E-state index is -0.355. The summed E-state index contributed by atoms with van der Waals surface area (Å²) in [6.07, 6.45) is -0.125. The minimum Gasteiger partial charge on any atom is -0.497 e. The van der Waals surface area contributed by atoms with Crippen LogP contribution in [0.5, 0.6) is 11.5 Å². The predicted molar refractivity (Wildman–Crippen MR) is 134 cm³/mol. The number of halogens is 1. The monoisotopic (exact) mass is 501 g/mol. The van der Waals surface area contributed by atoms with Crippen LogP contribution in [-0.4, -0.2) is 107 Å². The molecule has 0 N–H and O–H groups in total. The molecule has 2 aromatic rings. The maximum absolute atomic E-state index is 13.4. The van der Waals surface area contributed by atoms with Gasteiger partial charge in [0.05, 0.1) is 40.1 Å². The van der Waals surface area contributed by atoms with E-state index in [4.69, 9.17) is 18.9 Å². The van der Waals surface area contributed by atoms with E-state index in [1.54, 1.807) is 26.4 Å². The average Bonchev–Trinajstić information content (AvgIpc) is 2.91. The minimum absolute atomic E-state index is 0.110. The Morgan fingerprint density at radius 2 is 1.67 bits per heavy atom. The van der Waals surface area contributed by atoms with Gasteiger partial charge in [0.25, 0.3) is 5.91 Å². The molecule has 0 spiro atoms. The van der Waals surface area contributed by atoms with Gasteiger partial charge in [-0.25, -0.2) is 4.39 Å². The van der Waals surface area contributed by atoms with E-state index in [9.17, 15) is 9.18 Å². The number of carbonyl (C=O) groups is 1. The normalized spacial score (nSPS) is 19.1. The van der Waals surface area contributed by atoms with Gasteiger partial charge in [0.15, 0.2) is 0 Å². The zero-order valence-corrected chi connectivity index (χ0v) is 21.2. The van der Waals surface area contributed by atoms with Crippen molar-refractivity contribution in [2.75, 3.05) is 79.9 Å². The Hall–Kier alpha value is -2.72. The maximum Gasteiger partial charge on any atom is 0.253 e. The van der Waals surface area contributed by atoms with Gasteiger partial charge >= 0.3 is 0 Å². The summed E-state index contributed by atoms with van der Waals surface area (Å²) in [6.45, 7) is 7.76. The smallest absolute Gasteiger partial charge is 0.253 e. The van der Waals surface area contributed by atoms with Crippen molar-refractivity contribution in [3.8, 4) is 11.5 Å². The van der Waals surface area contributed by atoms with Gasteiger partial charge in [0, 0.05) is 64.0 Å². The highest BCUT2D eigenvalue weighted by Crippen LogP contribution is 2.24. The average molecular weight is 502 g/mol. The van der Waals surface area contributed by atoms with Crippen LogP contribution >= 0.6 is 0 Å². The second-order valence-corrected chi connectivity index (χ2v) is 9.16. The van der Waals surface area contributed by atoms with E-state index >= 15 is 0 Å². The van der Waals surface area contributed by atoms with Crippen molar-refractivity contribution >= 4 is 5.91 Å². The van der Waals surface area contributed by atoms with Gasteiger partial charge in [-0.1, -0.05) is 0 Å². The highest BCUT2D eigenvalue weighted by molar-refractivity contribution is 5.94. The Morgan fingerprint density at radius 1 is 1.00 bits per heavy atom. The first-order valence-corrected chi connectivity index (χ1v) is 12.4. The molecule has 0 bridgehead atoms. The summed E-state index contributed by atoms with van der Waals surface area (Å²) < 4.78 is 35.8. The van der Waals surface area contributed by atoms with Gasteiger partial charge in [0.2, 0.25) is 0 Å². The largest absolute Gasteiger partial charge is 0.497 e. The van der Waals surface area contributed by atoms with Gasteiger partial charge in [-0.2, -0.15) is 0 Å². The van der Waals surface area contributed by atoms with E-state index in [1.807, 2.05) is 23.1 Å². The molecule has 4 rings (SSSR count). The summed E-state index contributed by atoms with van der Waals surface area (Å²) in [6, 6.07) is 11.6. The number of benzene rings is 2. The van der Waals surface area contributed by atoms with Gasteiger partial charge in [-0.15, -0.1) is 0 Å². The number of ether oxygens (including phenoxy) is 4. The summed E-state index contributed by atoms with van der Waals surface area (Å²) in [5.74, 6) is 1.05. The van der Waals surface area contributed by atoms with Crippen LogP contribution in [-0.2, 0) is 16.0 Å². The molecule has 1 amide bonds. The molecule has 0 aliphatic carbocycles. The quantitative estimate of drug-likeness (QED) is 0.496. The molecule has 2 fully saturated rings. The van der Waals surface area contributed by atoms with Crippen LogP contribution in [0.4, 0.5) is 4.39 Å². The number of amides is 1. The molecule has 9 heteroatoms. The molecule has 8 nitrogen and oxygen atoms in total. The molecule has 2 aliphatic rings. The molecule has 0 saturated carbocycles. The number of nitrogens with zero attached hydrogens (tertiary/aromatic N) is 3. The van der Waals surface area contributed by atoms with Crippen molar-refractivity contribution in [1.29, 1.82) is 0 Å². The van der Waals surface area contributed by atoms with E-state index in [0.29, 0.717) is 45.0 Å². The summed E-state index contributed by atoms with van der Waals surface area (Å²) in [7, 11) is 3.29. The third-order valence-electron chi connectivity index (χ3n) is 6.63. The summed E-state index contributed by atoms with van der Waals surface area (Å²) in [4.78, 5) is 19.8. The lowest BCUT2D eigenvalue weighted by Gasteiger charge is -2.37.